The summed E-state index contributed by atoms with van der Waals surface area (Å²) in [5, 5.41) is 9.61. The summed E-state index contributed by atoms with van der Waals surface area (Å²) in [6.07, 6.45) is 0.886. The van der Waals surface area contributed by atoms with Crippen LogP contribution in [0.25, 0.3) is 0 Å². The standard InChI is InChI=1S/C14H17FO3/c1-18-14(17)13(15)10-9-12(16)8-7-11-5-3-2-4-6-11/h2-6,9-10,12-13,16H,7-8H2,1H3/b10-9+/t12-,13+/m0/s1. The number of ether oxygens (including phenoxy) is 1. The van der Waals surface area contributed by atoms with Crippen molar-refractivity contribution in [3.05, 3.63) is 48.0 Å². The number of aryl methyl sites for hydroxylation is 1. The van der Waals surface area contributed by atoms with Crippen molar-refractivity contribution in [2.75, 3.05) is 7.11 Å². The van der Waals surface area contributed by atoms with Crippen molar-refractivity contribution >= 4 is 5.97 Å². The number of carbonyl (C=O) groups excluding carboxylic acids is 1. The summed E-state index contributed by atoms with van der Waals surface area (Å²) in [6, 6.07) is 9.69. The molecule has 1 rings (SSSR count). The highest BCUT2D eigenvalue weighted by Crippen LogP contribution is 2.06. The molecule has 0 unspecified atom stereocenters. The van der Waals surface area contributed by atoms with Gasteiger partial charge in [0.15, 0.2) is 0 Å². The van der Waals surface area contributed by atoms with Gasteiger partial charge in [-0.25, -0.2) is 9.18 Å². The van der Waals surface area contributed by atoms with E-state index in [0.29, 0.717) is 12.8 Å². The number of aliphatic hydroxyl groups is 1. The molecular weight excluding hydrogens is 235 g/mol. The minimum Gasteiger partial charge on any atom is -0.467 e. The van der Waals surface area contributed by atoms with Crippen LogP contribution >= 0.6 is 0 Å². The lowest BCUT2D eigenvalue weighted by atomic mass is 10.1. The van der Waals surface area contributed by atoms with Crippen molar-refractivity contribution in [2.24, 2.45) is 0 Å². The van der Waals surface area contributed by atoms with Gasteiger partial charge in [-0.2, -0.15) is 0 Å². The number of hydrogen-bond acceptors (Lipinski definition) is 3. The lowest BCUT2D eigenvalue weighted by Gasteiger charge is -2.06. The van der Waals surface area contributed by atoms with Crippen molar-refractivity contribution in [1.82, 2.24) is 0 Å². The van der Waals surface area contributed by atoms with E-state index < -0.39 is 18.2 Å². The van der Waals surface area contributed by atoms with E-state index in [1.54, 1.807) is 0 Å². The van der Waals surface area contributed by atoms with E-state index in [1.807, 2.05) is 30.3 Å². The van der Waals surface area contributed by atoms with Gasteiger partial charge in [0, 0.05) is 0 Å². The van der Waals surface area contributed by atoms with Gasteiger partial charge in [-0.3, -0.25) is 0 Å². The third-order valence-corrected chi connectivity index (χ3v) is 2.50. The smallest absolute Gasteiger partial charge is 0.344 e. The Kier molecular flexibility index (Phi) is 6.08. The first-order valence-corrected chi connectivity index (χ1v) is 5.75. The van der Waals surface area contributed by atoms with E-state index >= 15 is 0 Å². The van der Waals surface area contributed by atoms with Gasteiger partial charge in [-0.15, -0.1) is 0 Å². The number of benzene rings is 1. The normalized spacial score (nSPS) is 14.4. The highest BCUT2D eigenvalue weighted by Gasteiger charge is 2.13. The second-order valence-electron chi connectivity index (χ2n) is 3.90. The summed E-state index contributed by atoms with van der Waals surface area (Å²) in [5.41, 5.74) is 1.11. The second-order valence-corrected chi connectivity index (χ2v) is 3.90. The number of esters is 1. The van der Waals surface area contributed by atoms with E-state index in [2.05, 4.69) is 4.74 Å². The second kappa shape index (κ2) is 7.61. The Hall–Kier alpha value is -1.68. The number of halogens is 1. The SMILES string of the molecule is COC(=O)[C@H](F)/C=C/[C@@H](O)CCc1ccccc1. The Labute approximate surface area is 106 Å². The van der Waals surface area contributed by atoms with Crippen LogP contribution in [0.15, 0.2) is 42.5 Å². The van der Waals surface area contributed by atoms with Crippen LogP contribution in [0.1, 0.15) is 12.0 Å². The maximum Gasteiger partial charge on any atom is 0.344 e. The van der Waals surface area contributed by atoms with Gasteiger partial charge >= 0.3 is 5.97 Å². The molecule has 0 fully saturated rings. The number of aliphatic hydroxyl groups excluding tert-OH is 1. The molecule has 2 atom stereocenters. The quantitative estimate of drug-likeness (QED) is 0.622. The highest BCUT2D eigenvalue weighted by molar-refractivity contribution is 5.76. The van der Waals surface area contributed by atoms with Crippen LogP contribution in [-0.2, 0) is 16.0 Å². The largest absolute Gasteiger partial charge is 0.467 e. The van der Waals surface area contributed by atoms with E-state index in [1.165, 1.54) is 6.08 Å². The highest BCUT2D eigenvalue weighted by atomic mass is 19.1. The summed E-state index contributed by atoms with van der Waals surface area (Å²) in [4.78, 5) is 10.8. The molecule has 1 N–H and O–H groups in total. The van der Waals surface area contributed by atoms with Gasteiger partial charge in [0.1, 0.15) is 0 Å². The van der Waals surface area contributed by atoms with Crippen LogP contribution in [-0.4, -0.2) is 30.5 Å². The molecule has 98 valence electrons. The Balaban J connectivity index is 2.35. The third kappa shape index (κ3) is 5.10. The summed E-state index contributed by atoms with van der Waals surface area (Å²) < 4.78 is 17.3. The van der Waals surface area contributed by atoms with Crippen LogP contribution in [0, 0.1) is 0 Å². The van der Waals surface area contributed by atoms with E-state index in [4.69, 9.17) is 0 Å². The van der Waals surface area contributed by atoms with E-state index in [0.717, 1.165) is 18.7 Å². The van der Waals surface area contributed by atoms with Crippen LogP contribution in [0.4, 0.5) is 4.39 Å². The summed E-state index contributed by atoms with van der Waals surface area (Å²) in [5.74, 6) is -0.957. The monoisotopic (exact) mass is 252 g/mol. The lowest BCUT2D eigenvalue weighted by Crippen LogP contribution is -2.15. The van der Waals surface area contributed by atoms with Gasteiger partial charge in [0.2, 0.25) is 6.17 Å². The molecule has 0 saturated carbocycles. The molecule has 0 bridgehead atoms. The molecule has 0 saturated heterocycles. The Morgan fingerprint density at radius 1 is 1.39 bits per heavy atom. The van der Waals surface area contributed by atoms with Crippen molar-refractivity contribution in [3.63, 3.8) is 0 Å². The zero-order valence-corrected chi connectivity index (χ0v) is 10.3. The maximum atomic E-state index is 13.0. The number of methoxy groups -OCH3 is 1. The first kappa shape index (κ1) is 14.4. The predicted molar refractivity (Wildman–Crippen MR) is 66.8 cm³/mol. The van der Waals surface area contributed by atoms with Crippen LogP contribution in [0.2, 0.25) is 0 Å². The molecule has 0 aromatic heterocycles. The fourth-order valence-electron chi connectivity index (χ4n) is 1.47. The van der Waals surface area contributed by atoms with Crippen LogP contribution in [0.3, 0.4) is 0 Å². The van der Waals surface area contributed by atoms with Crippen molar-refractivity contribution in [2.45, 2.75) is 25.1 Å². The number of hydrogen-bond donors (Lipinski definition) is 1. The predicted octanol–water partition coefficient (Wildman–Crippen LogP) is 2.05. The number of rotatable bonds is 6. The molecule has 4 heteroatoms. The molecule has 18 heavy (non-hydrogen) atoms. The molecule has 0 spiro atoms. The fourth-order valence-corrected chi connectivity index (χ4v) is 1.47. The third-order valence-electron chi connectivity index (χ3n) is 2.50. The Morgan fingerprint density at radius 3 is 2.67 bits per heavy atom. The van der Waals surface area contributed by atoms with Gasteiger partial charge in [-0.05, 0) is 24.5 Å². The minimum atomic E-state index is -1.82. The topological polar surface area (TPSA) is 46.5 Å². The molecule has 0 aliphatic heterocycles. The molecule has 0 amide bonds. The summed E-state index contributed by atoms with van der Waals surface area (Å²) in [7, 11) is 1.12. The van der Waals surface area contributed by atoms with Crippen molar-refractivity contribution in [3.8, 4) is 0 Å². The van der Waals surface area contributed by atoms with E-state index in [-0.39, 0.29) is 0 Å². The molecule has 0 aliphatic carbocycles. The summed E-state index contributed by atoms with van der Waals surface area (Å²) >= 11 is 0. The molecular formula is C14H17FO3. The number of alkyl halides is 1. The molecule has 0 radical (unpaired) electrons. The first-order chi connectivity index (χ1) is 8.63. The molecule has 1 aromatic carbocycles. The lowest BCUT2D eigenvalue weighted by molar-refractivity contribution is -0.144. The van der Waals surface area contributed by atoms with Crippen LogP contribution < -0.4 is 0 Å². The Bertz CT molecular complexity index is 389. The zero-order valence-electron chi connectivity index (χ0n) is 10.3. The zero-order chi connectivity index (χ0) is 13.4. The molecule has 0 aliphatic rings. The maximum absolute atomic E-state index is 13.0. The van der Waals surface area contributed by atoms with Crippen molar-refractivity contribution in [1.29, 1.82) is 0 Å². The van der Waals surface area contributed by atoms with E-state index in [9.17, 15) is 14.3 Å². The summed E-state index contributed by atoms with van der Waals surface area (Å²) in [6.45, 7) is 0. The molecule has 0 heterocycles. The van der Waals surface area contributed by atoms with Gasteiger partial charge in [0.25, 0.3) is 0 Å². The minimum absolute atomic E-state index is 0.481. The average Bonchev–Trinajstić information content (AvgIpc) is 2.42. The number of carbonyl (C=O) groups is 1. The molecule has 1 aromatic rings. The average molecular weight is 252 g/mol. The fraction of sp³-hybridized carbons (Fsp3) is 0.357. The van der Waals surface area contributed by atoms with Crippen molar-refractivity contribution < 1.29 is 19.0 Å². The van der Waals surface area contributed by atoms with Gasteiger partial charge < -0.3 is 9.84 Å². The molecule has 3 nitrogen and oxygen atoms in total. The van der Waals surface area contributed by atoms with Gasteiger partial charge in [-0.1, -0.05) is 36.4 Å². The van der Waals surface area contributed by atoms with Gasteiger partial charge in [0.05, 0.1) is 13.2 Å². The Morgan fingerprint density at radius 2 is 2.06 bits per heavy atom. The van der Waals surface area contributed by atoms with Crippen LogP contribution in [0.5, 0.6) is 0 Å². The first-order valence-electron chi connectivity index (χ1n) is 5.75.